The molecule has 6 nitrogen and oxygen atoms in total. The van der Waals surface area contributed by atoms with Crippen molar-refractivity contribution < 1.29 is 24.5 Å². The Morgan fingerprint density at radius 2 is 1.42 bits per heavy atom. The predicted octanol–water partition coefficient (Wildman–Crippen LogP) is 4.10. The van der Waals surface area contributed by atoms with Gasteiger partial charge < -0.3 is 25.0 Å². The Morgan fingerprint density at radius 1 is 0.788 bits per heavy atom. The number of rotatable bonds is 13. The van der Waals surface area contributed by atoms with E-state index in [0.29, 0.717) is 42.9 Å². The quantitative estimate of drug-likeness (QED) is 0.342. The maximum atomic E-state index is 13.1. The number of amides is 1. The SMILES string of the molecule is O=C(NC(CO)CCCCO)c1cccc(OCc2ccccc2)c1OCc1ccccc1. The van der Waals surface area contributed by atoms with Crippen LogP contribution in [0.4, 0.5) is 0 Å². The third-order valence-electron chi connectivity index (χ3n) is 5.20. The van der Waals surface area contributed by atoms with Crippen molar-refractivity contribution in [3.05, 3.63) is 95.6 Å². The first kappa shape index (κ1) is 24.3. The molecule has 0 saturated heterocycles. The van der Waals surface area contributed by atoms with Crippen LogP contribution in [0.1, 0.15) is 40.7 Å². The summed E-state index contributed by atoms with van der Waals surface area (Å²) in [6, 6.07) is 24.3. The summed E-state index contributed by atoms with van der Waals surface area (Å²) in [5.41, 5.74) is 2.32. The monoisotopic (exact) mass is 449 g/mol. The average molecular weight is 450 g/mol. The van der Waals surface area contributed by atoms with Gasteiger partial charge in [0.2, 0.25) is 0 Å². The minimum atomic E-state index is -0.403. The second-order valence-corrected chi connectivity index (χ2v) is 7.75. The fourth-order valence-electron chi connectivity index (χ4n) is 3.40. The van der Waals surface area contributed by atoms with Crippen molar-refractivity contribution in [2.45, 2.75) is 38.5 Å². The Balaban J connectivity index is 1.80. The molecule has 0 spiro atoms. The van der Waals surface area contributed by atoms with Crippen molar-refractivity contribution in [3.8, 4) is 11.5 Å². The number of nitrogens with one attached hydrogen (secondary N) is 1. The zero-order valence-corrected chi connectivity index (χ0v) is 18.7. The van der Waals surface area contributed by atoms with Gasteiger partial charge in [0.1, 0.15) is 13.2 Å². The molecule has 0 saturated carbocycles. The number of carbonyl (C=O) groups excluding carboxylic acids is 1. The summed E-state index contributed by atoms with van der Waals surface area (Å²) in [5.74, 6) is 0.497. The first-order valence-corrected chi connectivity index (χ1v) is 11.2. The topological polar surface area (TPSA) is 88.0 Å². The smallest absolute Gasteiger partial charge is 0.255 e. The lowest BCUT2D eigenvalue weighted by Crippen LogP contribution is -2.37. The van der Waals surface area contributed by atoms with Crippen LogP contribution in [0.3, 0.4) is 0 Å². The molecule has 0 heterocycles. The molecule has 6 heteroatoms. The molecule has 3 rings (SSSR count). The molecule has 0 aromatic heterocycles. The first-order valence-electron chi connectivity index (χ1n) is 11.2. The van der Waals surface area contributed by atoms with Crippen LogP contribution in [0.25, 0.3) is 0 Å². The Kier molecular flexibility index (Phi) is 9.76. The van der Waals surface area contributed by atoms with Crippen LogP contribution in [0.2, 0.25) is 0 Å². The summed E-state index contributed by atoms with van der Waals surface area (Å²) >= 11 is 0. The number of hydrogen-bond donors (Lipinski definition) is 3. The highest BCUT2D eigenvalue weighted by Gasteiger charge is 2.20. The van der Waals surface area contributed by atoms with E-state index < -0.39 is 6.04 Å². The van der Waals surface area contributed by atoms with Crippen molar-refractivity contribution in [1.29, 1.82) is 0 Å². The van der Waals surface area contributed by atoms with Gasteiger partial charge in [-0.2, -0.15) is 0 Å². The Labute approximate surface area is 194 Å². The minimum absolute atomic E-state index is 0.0877. The Bertz CT molecular complexity index is 978. The second-order valence-electron chi connectivity index (χ2n) is 7.75. The average Bonchev–Trinajstić information content (AvgIpc) is 2.87. The summed E-state index contributed by atoms with van der Waals surface area (Å²) in [7, 11) is 0. The van der Waals surface area contributed by atoms with Gasteiger partial charge in [-0.05, 0) is 42.5 Å². The summed E-state index contributed by atoms with van der Waals surface area (Å²) in [5, 5.41) is 21.5. The number of hydrogen-bond acceptors (Lipinski definition) is 5. The van der Waals surface area contributed by atoms with Gasteiger partial charge in [0.05, 0.1) is 18.2 Å². The van der Waals surface area contributed by atoms with Gasteiger partial charge in [0.15, 0.2) is 11.5 Å². The van der Waals surface area contributed by atoms with Crippen LogP contribution in [0, 0.1) is 0 Å². The maximum Gasteiger partial charge on any atom is 0.255 e. The predicted molar refractivity (Wildman–Crippen MR) is 127 cm³/mol. The lowest BCUT2D eigenvalue weighted by Gasteiger charge is -2.19. The number of unbranched alkanes of at least 4 members (excludes halogenated alkanes) is 1. The van der Waals surface area contributed by atoms with Crippen molar-refractivity contribution in [3.63, 3.8) is 0 Å². The molecule has 1 atom stereocenters. The lowest BCUT2D eigenvalue weighted by molar-refractivity contribution is 0.0906. The van der Waals surface area contributed by atoms with E-state index in [0.717, 1.165) is 11.1 Å². The highest BCUT2D eigenvalue weighted by Crippen LogP contribution is 2.33. The zero-order valence-electron chi connectivity index (χ0n) is 18.7. The largest absolute Gasteiger partial charge is 0.485 e. The molecule has 174 valence electrons. The fourth-order valence-corrected chi connectivity index (χ4v) is 3.40. The van der Waals surface area contributed by atoms with E-state index in [1.54, 1.807) is 18.2 Å². The number of ether oxygens (including phenoxy) is 2. The van der Waals surface area contributed by atoms with Gasteiger partial charge in [0, 0.05) is 6.61 Å². The highest BCUT2D eigenvalue weighted by molar-refractivity contribution is 5.98. The molecule has 1 amide bonds. The van der Waals surface area contributed by atoms with Crippen LogP contribution >= 0.6 is 0 Å². The van der Waals surface area contributed by atoms with Crippen LogP contribution in [-0.2, 0) is 13.2 Å². The van der Waals surface area contributed by atoms with E-state index >= 15 is 0 Å². The van der Waals surface area contributed by atoms with Gasteiger partial charge in [-0.25, -0.2) is 0 Å². The molecule has 0 aliphatic rings. The van der Waals surface area contributed by atoms with E-state index in [4.69, 9.17) is 14.6 Å². The number of carbonyl (C=O) groups is 1. The van der Waals surface area contributed by atoms with Crippen molar-refractivity contribution in [2.24, 2.45) is 0 Å². The van der Waals surface area contributed by atoms with E-state index in [1.807, 2.05) is 60.7 Å². The van der Waals surface area contributed by atoms with Gasteiger partial charge in [-0.1, -0.05) is 66.7 Å². The molecule has 0 aliphatic heterocycles. The fraction of sp³-hybridized carbons (Fsp3) is 0.296. The molecule has 3 N–H and O–H groups in total. The lowest BCUT2D eigenvalue weighted by atomic mass is 10.1. The van der Waals surface area contributed by atoms with Crippen molar-refractivity contribution in [2.75, 3.05) is 13.2 Å². The molecule has 0 aliphatic carbocycles. The van der Waals surface area contributed by atoms with E-state index in [2.05, 4.69) is 5.32 Å². The third kappa shape index (κ3) is 7.63. The molecule has 0 bridgehead atoms. The van der Waals surface area contributed by atoms with Gasteiger partial charge >= 0.3 is 0 Å². The van der Waals surface area contributed by atoms with Gasteiger partial charge in [-0.3, -0.25) is 4.79 Å². The minimum Gasteiger partial charge on any atom is -0.485 e. The molecular weight excluding hydrogens is 418 g/mol. The van der Waals surface area contributed by atoms with Gasteiger partial charge in [-0.15, -0.1) is 0 Å². The van der Waals surface area contributed by atoms with Crippen LogP contribution in [-0.4, -0.2) is 35.4 Å². The molecule has 1 unspecified atom stereocenters. The van der Waals surface area contributed by atoms with Crippen LogP contribution < -0.4 is 14.8 Å². The van der Waals surface area contributed by atoms with Crippen LogP contribution in [0.5, 0.6) is 11.5 Å². The Morgan fingerprint density at radius 3 is 2.03 bits per heavy atom. The van der Waals surface area contributed by atoms with Gasteiger partial charge in [0.25, 0.3) is 5.91 Å². The van der Waals surface area contributed by atoms with Crippen molar-refractivity contribution in [1.82, 2.24) is 5.32 Å². The molecule has 0 fully saturated rings. The summed E-state index contributed by atoms with van der Waals surface area (Å²) < 4.78 is 12.1. The second kappa shape index (κ2) is 13.3. The number of benzene rings is 3. The number of para-hydroxylation sites is 1. The molecule has 3 aromatic carbocycles. The standard InChI is InChI=1S/C27H31NO5/c29-17-8-7-14-23(18-30)28-27(31)24-15-9-16-25(32-19-21-10-3-1-4-11-21)26(24)33-20-22-12-5-2-6-13-22/h1-6,9-13,15-16,23,29-30H,7-8,14,17-20H2,(H,28,31). The zero-order chi connectivity index (χ0) is 23.3. The van der Waals surface area contributed by atoms with Crippen LogP contribution in [0.15, 0.2) is 78.9 Å². The summed E-state index contributed by atoms with van der Waals surface area (Å²) in [4.78, 5) is 13.1. The first-order chi connectivity index (χ1) is 16.2. The number of aliphatic hydroxyl groups excluding tert-OH is 2. The van der Waals surface area contributed by atoms with E-state index in [-0.39, 0.29) is 25.7 Å². The van der Waals surface area contributed by atoms with E-state index in [9.17, 15) is 9.90 Å². The highest BCUT2D eigenvalue weighted by atomic mass is 16.5. The molecular formula is C27H31NO5. The summed E-state index contributed by atoms with van der Waals surface area (Å²) in [6.45, 7) is 0.534. The molecule has 0 radical (unpaired) electrons. The molecule has 3 aromatic rings. The third-order valence-corrected chi connectivity index (χ3v) is 5.20. The Hall–Kier alpha value is -3.35. The number of aliphatic hydroxyl groups is 2. The normalized spacial score (nSPS) is 11.6. The summed E-state index contributed by atoms with van der Waals surface area (Å²) in [6.07, 6.45) is 1.91. The maximum absolute atomic E-state index is 13.1. The van der Waals surface area contributed by atoms with E-state index in [1.165, 1.54) is 0 Å². The van der Waals surface area contributed by atoms with Crippen molar-refractivity contribution >= 4 is 5.91 Å². The molecule has 33 heavy (non-hydrogen) atoms.